The molecule has 1 saturated heterocycles. The fraction of sp³-hybridized carbons (Fsp3) is 0.407. The van der Waals surface area contributed by atoms with E-state index in [0.29, 0.717) is 18.3 Å². The predicted octanol–water partition coefficient (Wildman–Crippen LogP) is 5.10. The van der Waals surface area contributed by atoms with Crippen LogP contribution in [-0.4, -0.2) is 50.2 Å². The number of hydrogen-bond acceptors (Lipinski definition) is 5. The SMILES string of the molecule is C=C/C=C(\C=C/N(C)C(CC)c1ccc(C)c(F)c1)C(/C=C\N=C)=NCNC1CCCNC1. The van der Waals surface area contributed by atoms with Crippen molar-refractivity contribution in [2.24, 2.45) is 9.98 Å². The molecule has 1 aromatic carbocycles. The van der Waals surface area contributed by atoms with E-state index < -0.39 is 0 Å². The van der Waals surface area contributed by atoms with Crippen LogP contribution in [0.2, 0.25) is 0 Å². The molecular weight excluding hydrogens is 413 g/mol. The first-order valence-electron chi connectivity index (χ1n) is 11.6. The van der Waals surface area contributed by atoms with Gasteiger partial charge in [0.25, 0.3) is 0 Å². The number of rotatable bonds is 12. The van der Waals surface area contributed by atoms with Crippen LogP contribution in [0.4, 0.5) is 4.39 Å². The molecule has 0 amide bonds. The van der Waals surface area contributed by atoms with Gasteiger partial charge in [0, 0.05) is 31.4 Å². The van der Waals surface area contributed by atoms with E-state index in [9.17, 15) is 4.39 Å². The molecule has 0 saturated carbocycles. The summed E-state index contributed by atoms with van der Waals surface area (Å²) < 4.78 is 14.1. The second kappa shape index (κ2) is 14.3. The van der Waals surface area contributed by atoms with Crippen molar-refractivity contribution in [1.82, 2.24) is 15.5 Å². The van der Waals surface area contributed by atoms with Crippen LogP contribution in [-0.2, 0) is 0 Å². The molecule has 5 nitrogen and oxygen atoms in total. The summed E-state index contributed by atoms with van der Waals surface area (Å²) in [5.41, 5.74) is 3.31. The minimum absolute atomic E-state index is 0.0626. The number of benzene rings is 1. The highest BCUT2D eigenvalue weighted by molar-refractivity contribution is 6.10. The minimum atomic E-state index is -0.173. The summed E-state index contributed by atoms with van der Waals surface area (Å²) in [6.07, 6.45) is 14.3. The van der Waals surface area contributed by atoms with Gasteiger partial charge in [0.05, 0.1) is 18.4 Å². The maximum absolute atomic E-state index is 14.1. The van der Waals surface area contributed by atoms with Crippen LogP contribution in [0, 0.1) is 12.7 Å². The molecule has 2 N–H and O–H groups in total. The van der Waals surface area contributed by atoms with E-state index in [-0.39, 0.29) is 11.9 Å². The number of nitrogens with one attached hydrogen (secondary N) is 2. The molecule has 0 bridgehead atoms. The Bertz CT molecular complexity index is 894. The number of halogens is 1. The van der Waals surface area contributed by atoms with E-state index in [4.69, 9.17) is 4.99 Å². The maximum atomic E-state index is 14.1. The molecule has 1 fully saturated rings. The molecule has 2 atom stereocenters. The monoisotopic (exact) mass is 451 g/mol. The minimum Gasteiger partial charge on any atom is -0.373 e. The standard InChI is InChI=1S/C27H38FN5/c1-6-9-22(26(13-16-29-4)32-20-31-24-10-8-15-30-19-24)14-17-33(5)27(7-2)23-12-11-21(3)25(28)18-23/h6,9,11-14,16-18,24,27,30-31H,1,4,7-8,10,15,19-20H2,2-3,5H3/b16-13-,17-14-,22-9+,32-26?. The lowest BCUT2D eigenvalue weighted by atomic mass is 10.0. The molecule has 2 unspecified atom stereocenters. The first kappa shape index (κ1) is 26.4. The maximum Gasteiger partial charge on any atom is 0.126 e. The molecule has 0 aliphatic carbocycles. The first-order valence-corrected chi connectivity index (χ1v) is 11.6. The van der Waals surface area contributed by atoms with Gasteiger partial charge in [0.1, 0.15) is 5.82 Å². The summed E-state index contributed by atoms with van der Waals surface area (Å²) in [5, 5.41) is 6.90. The van der Waals surface area contributed by atoms with Crippen LogP contribution in [0.1, 0.15) is 43.4 Å². The summed E-state index contributed by atoms with van der Waals surface area (Å²) in [7, 11) is 2.00. The Hall–Kier alpha value is -2.83. The number of piperidine rings is 1. The largest absolute Gasteiger partial charge is 0.373 e. The topological polar surface area (TPSA) is 52.0 Å². The molecule has 1 aromatic rings. The smallest absolute Gasteiger partial charge is 0.126 e. The Kier molecular flexibility index (Phi) is 11.5. The third kappa shape index (κ3) is 8.56. The summed E-state index contributed by atoms with van der Waals surface area (Å²) in [5.74, 6) is -0.173. The molecule has 1 aliphatic rings. The van der Waals surface area contributed by atoms with Gasteiger partial charge in [0.2, 0.25) is 0 Å². The molecule has 33 heavy (non-hydrogen) atoms. The zero-order valence-electron chi connectivity index (χ0n) is 20.2. The van der Waals surface area contributed by atoms with Crippen LogP contribution in [0.25, 0.3) is 0 Å². The van der Waals surface area contributed by atoms with E-state index >= 15 is 0 Å². The Balaban J connectivity index is 2.18. The lowest BCUT2D eigenvalue weighted by Crippen LogP contribution is -2.43. The highest BCUT2D eigenvalue weighted by atomic mass is 19.1. The number of aryl methyl sites for hydroxylation is 1. The van der Waals surface area contributed by atoms with Crippen LogP contribution in [0.5, 0.6) is 0 Å². The second-order valence-corrected chi connectivity index (χ2v) is 8.22. The van der Waals surface area contributed by atoms with Crippen molar-refractivity contribution in [3.8, 4) is 0 Å². The molecular formula is C27H38FN5. The van der Waals surface area contributed by atoms with Crippen molar-refractivity contribution >= 4 is 12.4 Å². The Morgan fingerprint density at radius 1 is 1.39 bits per heavy atom. The van der Waals surface area contributed by atoms with Crippen LogP contribution in [0.15, 0.2) is 77.0 Å². The molecule has 0 aromatic heterocycles. The molecule has 178 valence electrons. The summed E-state index contributed by atoms with van der Waals surface area (Å²) in [6, 6.07) is 5.95. The van der Waals surface area contributed by atoms with Crippen molar-refractivity contribution in [3.63, 3.8) is 0 Å². The van der Waals surface area contributed by atoms with Gasteiger partial charge in [-0.15, -0.1) is 0 Å². The van der Waals surface area contributed by atoms with E-state index in [1.807, 2.05) is 43.6 Å². The van der Waals surface area contributed by atoms with Crippen LogP contribution < -0.4 is 10.6 Å². The zero-order chi connectivity index (χ0) is 24.1. The van der Waals surface area contributed by atoms with E-state index in [2.05, 4.69) is 40.7 Å². The van der Waals surface area contributed by atoms with Gasteiger partial charge < -0.3 is 10.2 Å². The molecule has 0 spiro atoms. The lowest BCUT2D eigenvalue weighted by Gasteiger charge is -2.26. The van der Waals surface area contributed by atoms with E-state index in [1.54, 1.807) is 25.3 Å². The van der Waals surface area contributed by atoms with Crippen molar-refractivity contribution in [2.75, 3.05) is 26.8 Å². The fourth-order valence-corrected chi connectivity index (χ4v) is 3.88. The van der Waals surface area contributed by atoms with Gasteiger partial charge in [-0.1, -0.05) is 37.8 Å². The van der Waals surface area contributed by atoms with Gasteiger partial charge >= 0.3 is 0 Å². The molecule has 2 rings (SSSR count). The highest BCUT2D eigenvalue weighted by Crippen LogP contribution is 2.25. The third-order valence-electron chi connectivity index (χ3n) is 5.81. The Labute approximate surface area is 198 Å². The molecule has 1 heterocycles. The highest BCUT2D eigenvalue weighted by Gasteiger charge is 2.14. The van der Waals surface area contributed by atoms with Gasteiger partial charge in [0.15, 0.2) is 0 Å². The van der Waals surface area contributed by atoms with Crippen molar-refractivity contribution in [1.29, 1.82) is 0 Å². The van der Waals surface area contributed by atoms with Crippen molar-refractivity contribution in [3.05, 3.63) is 84.0 Å². The number of hydrogen-bond donors (Lipinski definition) is 2. The van der Waals surface area contributed by atoms with E-state index in [1.165, 1.54) is 6.42 Å². The fourth-order valence-electron chi connectivity index (χ4n) is 3.88. The van der Waals surface area contributed by atoms with Crippen LogP contribution in [0.3, 0.4) is 0 Å². The Morgan fingerprint density at radius 2 is 2.21 bits per heavy atom. The summed E-state index contributed by atoms with van der Waals surface area (Å²) >= 11 is 0. The predicted molar refractivity (Wildman–Crippen MR) is 139 cm³/mol. The summed E-state index contributed by atoms with van der Waals surface area (Å²) in [6.45, 7) is 13.8. The van der Waals surface area contributed by atoms with Gasteiger partial charge in [-0.05, 0) is 75.0 Å². The van der Waals surface area contributed by atoms with Gasteiger partial charge in [-0.25, -0.2) is 4.39 Å². The normalized spacial score (nSPS) is 18.6. The number of aliphatic imine (C=N–C) groups is 2. The first-order chi connectivity index (χ1) is 16.0. The van der Waals surface area contributed by atoms with Crippen molar-refractivity contribution < 1.29 is 4.39 Å². The summed E-state index contributed by atoms with van der Waals surface area (Å²) in [4.78, 5) is 10.7. The molecule has 1 aliphatic heterocycles. The van der Waals surface area contributed by atoms with E-state index in [0.717, 1.165) is 42.8 Å². The number of allylic oxidation sites excluding steroid dienone is 5. The van der Waals surface area contributed by atoms with Crippen LogP contribution >= 0.6 is 0 Å². The van der Waals surface area contributed by atoms with Gasteiger partial charge in [-0.2, -0.15) is 0 Å². The lowest BCUT2D eigenvalue weighted by molar-refractivity contribution is 0.327. The van der Waals surface area contributed by atoms with Gasteiger partial charge in [-0.3, -0.25) is 15.3 Å². The Morgan fingerprint density at radius 3 is 2.85 bits per heavy atom. The third-order valence-corrected chi connectivity index (χ3v) is 5.81. The zero-order valence-corrected chi connectivity index (χ0v) is 20.2. The quantitative estimate of drug-likeness (QED) is 0.343. The molecule has 6 heteroatoms. The van der Waals surface area contributed by atoms with Crippen molar-refractivity contribution in [2.45, 2.75) is 45.2 Å². The second-order valence-electron chi connectivity index (χ2n) is 8.22. The number of nitrogens with zero attached hydrogens (tertiary/aromatic N) is 3. The average molecular weight is 452 g/mol. The molecule has 0 radical (unpaired) electrons. The average Bonchev–Trinajstić information content (AvgIpc) is 2.82.